The van der Waals surface area contributed by atoms with Gasteiger partial charge in [0.25, 0.3) is 0 Å². The predicted octanol–water partition coefficient (Wildman–Crippen LogP) is 2.19. The van der Waals surface area contributed by atoms with Crippen LogP contribution in [0, 0.1) is 17.8 Å². The summed E-state index contributed by atoms with van der Waals surface area (Å²) in [5.41, 5.74) is 0. The lowest BCUT2D eigenvalue weighted by molar-refractivity contribution is -0.128. The van der Waals surface area contributed by atoms with Crippen LogP contribution in [0.5, 0.6) is 0 Å². The summed E-state index contributed by atoms with van der Waals surface area (Å²) in [5, 5.41) is 2.93. The number of amides is 1. The molecular weight excluding hydrogens is 162 g/mol. The van der Waals surface area contributed by atoms with Crippen molar-refractivity contribution in [2.75, 3.05) is 6.54 Å². The largest absolute Gasteiger partial charge is 0.356 e. The minimum atomic E-state index is 0.265. The van der Waals surface area contributed by atoms with E-state index in [2.05, 4.69) is 19.2 Å². The Hall–Kier alpha value is -0.530. The van der Waals surface area contributed by atoms with Gasteiger partial charge in [0, 0.05) is 12.5 Å². The van der Waals surface area contributed by atoms with Gasteiger partial charge in [-0.25, -0.2) is 0 Å². The Kier molecular flexibility index (Phi) is 3.76. The molecule has 1 fully saturated rings. The lowest BCUT2D eigenvalue weighted by atomic mass is 9.75. The Labute approximate surface area is 81.1 Å². The van der Waals surface area contributed by atoms with Crippen LogP contribution in [0.3, 0.4) is 0 Å². The van der Waals surface area contributed by atoms with Crippen LogP contribution in [-0.4, -0.2) is 12.5 Å². The van der Waals surface area contributed by atoms with Crippen molar-refractivity contribution < 1.29 is 4.79 Å². The summed E-state index contributed by atoms with van der Waals surface area (Å²) in [4.78, 5) is 11.6. The first-order valence-corrected chi connectivity index (χ1v) is 5.42. The minimum Gasteiger partial charge on any atom is -0.356 e. The zero-order chi connectivity index (χ0) is 9.84. The maximum atomic E-state index is 11.6. The fourth-order valence-corrected chi connectivity index (χ4v) is 2.20. The van der Waals surface area contributed by atoms with Gasteiger partial charge in [0.2, 0.25) is 5.91 Å². The molecule has 0 aromatic rings. The Balaban J connectivity index is 2.50. The van der Waals surface area contributed by atoms with Gasteiger partial charge >= 0.3 is 0 Å². The van der Waals surface area contributed by atoms with Crippen LogP contribution in [0.1, 0.15) is 40.0 Å². The van der Waals surface area contributed by atoms with Crippen molar-refractivity contribution in [2.45, 2.75) is 40.0 Å². The average molecular weight is 183 g/mol. The Morgan fingerprint density at radius 1 is 1.38 bits per heavy atom. The zero-order valence-corrected chi connectivity index (χ0v) is 8.97. The molecule has 1 rings (SSSR count). The molecule has 0 spiro atoms. The maximum absolute atomic E-state index is 11.6. The van der Waals surface area contributed by atoms with Crippen molar-refractivity contribution in [3.63, 3.8) is 0 Å². The van der Waals surface area contributed by atoms with Gasteiger partial charge in [0.1, 0.15) is 0 Å². The highest BCUT2D eigenvalue weighted by Gasteiger charge is 2.30. The molecule has 1 saturated carbocycles. The van der Waals surface area contributed by atoms with E-state index < -0.39 is 0 Å². The number of carbonyl (C=O) groups is 1. The monoisotopic (exact) mass is 183 g/mol. The molecule has 3 unspecified atom stereocenters. The first kappa shape index (κ1) is 10.6. The van der Waals surface area contributed by atoms with Crippen LogP contribution in [-0.2, 0) is 4.79 Å². The van der Waals surface area contributed by atoms with E-state index in [1.165, 1.54) is 12.8 Å². The van der Waals surface area contributed by atoms with Gasteiger partial charge in [0.15, 0.2) is 0 Å². The van der Waals surface area contributed by atoms with Crippen LogP contribution >= 0.6 is 0 Å². The second-order valence-electron chi connectivity index (χ2n) is 4.40. The molecule has 1 aliphatic carbocycles. The molecule has 1 N–H and O–H groups in total. The third kappa shape index (κ3) is 2.71. The normalized spacial score (nSPS) is 34.2. The molecule has 0 aromatic carbocycles. The van der Waals surface area contributed by atoms with Crippen molar-refractivity contribution in [1.82, 2.24) is 5.32 Å². The summed E-state index contributed by atoms with van der Waals surface area (Å²) in [6.45, 7) is 7.19. The molecule has 1 amide bonds. The van der Waals surface area contributed by atoms with Crippen molar-refractivity contribution >= 4 is 5.91 Å². The summed E-state index contributed by atoms with van der Waals surface area (Å²) in [6, 6.07) is 0. The van der Waals surface area contributed by atoms with E-state index in [0.29, 0.717) is 5.92 Å². The molecule has 0 radical (unpaired) electrons. The Bertz CT molecular complexity index is 179. The van der Waals surface area contributed by atoms with Crippen LogP contribution < -0.4 is 5.32 Å². The van der Waals surface area contributed by atoms with Gasteiger partial charge in [0.05, 0.1) is 0 Å². The first-order chi connectivity index (χ1) is 6.15. The van der Waals surface area contributed by atoms with E-state index in [-0.39, 0.29) is 11.8 Å². The van der Waals surface area contributed by atoms with Crippen LogP contribution in [0.25, 0.3) is 0 Å². The van der Waals surface area contributed by atoms with Gasteiger partial charge < -0.3 is 5.32 Å². The third-order valence-electron chi connectivity index (χ3n) is 3.15. The standard InChI is InChI=1S/C11H21NO/c1-4-12-11(13)10-7-8(2)5-6-9(10)3/h8-10H,4-7H2,1-3H3,(H,12,13). The number of carbonyl (C=O) groups excluding carboxylic acids is 1. The van der Waals surface area contributed by atoms with Crippen molar-refractivity contribution in [1.29, 1.82) is 0 Å². The van der Waals surface area contributed by atoms with Crippen molar-refractivity contribution in [3.8, 4) is 0 Å². The van der Waals surface area contributed by atoms with E-state index in [0.717, 1.165) is 18.9 Å². The zero-order valence-electron chi connectivity index (χ0n) is 8.97. The molecule has 76 valence electrons. The highest BCUT2D eigenvalue weighted by atomic mass is 16.1. The molecule has 0 bridgehead atoms. The lowest BCUT2D eigenvalue weighted by Crippen LogP contribution is -2.37. The van der Waals surface area contributed by atoms with Gasteiger partial charge in [-0.3, -0.25) is 4.79 Å². The van der Waals surface area contributed by atoms with Crippen LogP contribution in [0.4, 0.5) is 0 Å². The van der Waals surface area contributed by atoms with Crippen molar-refractivity contribution in [2.24, 2.45) is 17.8 Å². The maximum Gasteiger partial charge on any atom is 0.223 e. The number of nitrogens with one attached hydrogen (secondary N) is 1. The quantitative estimate of drug-likeness (QED) is 0.698. The lowest BCUT2D eigenvalue weighted by Gasteiger charge is -2.31. The topological polar surface area (TPSA) is 29.1 Å². The smallest absolute Gasteiger partial charge is 0.223 e. The molecule has 0 aromatic heterocycles. The molecule has 13 heavy (non-hydrogen) atoms. The van der Waals surface area contributed by atoms with Crippen LogP contribution in [0.2, 0.25) is 0 Å². The Morgan fingerprint density at radius 3 is 2.69 bits per heavy atom. The third-order valence-corrected chi connectivity index (χ3v) is 3.15. The number of rotatable bonds is 2. The molecule has 0 saturated heterocycles. The van der Waals surface area contributed by atoms with E-state index in [1.807, 2.05) is 6.92 Å². The van der Waals surface area contributed by atoms with E-state index in [9.17, 15) is 4.79 Å². The minimum absolute atomic E-state index is 0.265. The van der Waals surface area contributed by atoms with Gasteiger partial charge in [-0.05, 0) is 31.6 Å². The SMILES string of the molecule is CCNC(=O)C1CC(C)CCC1C. The molecule has 0 heterocycles. The summed E-state index contributed by atoms with van der Waals surface area (Å²) in [7, 11) is 0. The van der Waals surface area contributed by atoms with E-state index >= 15 is 0 Å². The second kappa shape index (κ2) is 4.64. The van der Waals surface area contributed by atoms with Crippen LogP contribution in [0.15, 0.2) is 0 Å². The van der Waals surface area contributed by atoms with Crippen molar-refractivity contribution in [3.05, 3.63) is 0 Å². The Morgan fingerprint density at radius 2 is 2.08 bits per heavy atom. The second-order valence-corrected chi connectivity index (χ2v) is 4.40. The fourth-order valence-electron chi connectivity index (χ4n) is 2.20. The molecule has 2 nitrogen and oxygen atoms in total. The fraction of sp³-hybridized carbons (Fsp3) is 0.909. The highest BCUT2D eigenvalue weighted by Crippen LogP contribution is 2.33. The summed E-state index contributed by atoms with van der Waals surface area (Å²) >= 11 is 0. The first-order valence-electron chi connectivity index (χ1n) is 5.42. The predicted molar refractivity (Wildman–Crippen MR) is 54.4 cm³/mol. The number of hydrogen-bond acceptors (Lipinski definition) is 1. The molecular formula is C11H21NO. The summed E-state index contributed by atoms with van der Waals surface area (Å²) < 4.78 is 0. The number of hydrogen-bond donors (Lipinski definition) is 1. The van der Waals surface area contributed by atoms with E-state index in [1.54, 1.807) is 0 Å². The molecule has 0 aliphatic heterocycles. The van der Waals surface area contributed by atoms with E-state index in [4.69, 9.17) is 0 Å². The van der Waals surface area contributed by atoms with Gasteiger partial charge in [-0.15, -0.1) is 0 Å². The molecule has 2 heteroatoms. The average Bonchev–Trinajstić information content (AvgIpc) is 2.09. The summed E-state index contributed by atoms with van der Waals surface area (Å²) in [5.74, 6) is 1.83. The van der Waals surface area contributed by atoms with Gasteiger partial charge in [-0.1, -0.05) is 20.3 Å². The highest BCUT2D eigenvalue weighted by molar-refractivity contribution is 5.78. The van der Waals surface area contributed by atoms with Gasteiger partial charge in [-0.2, -0.15) is 0 Å². The molecule has 1 aliphatic rings. The molecule has 3 atom stereocenters. The summed E-state index contributed by atoms with van der Waals surface area (Å²) in [6.07, 6.45) is 3.58.